The van der Waals surface area contributed by atoms with Crippen LogP contribution in [0.1, 0.15) is 21.7 Å². The standard InChI is InChI=1S/C16H19FN4O/c1-12-15(19-11-18-12)16(22)21-7-5-20(6-8-21)10-13-3-2-4-14(17)9-13/h2-4,9,11H,5-8,10H2,1H3,(H,18,19). The lowest BCUT2D eigenvalue weighted by atomic mass is 10.2. The topological polar surface area (TPSA) is 52.2 Å². The van der Waals surface area contributed by atoms with Crippen LogP contribution in [-0.4, -0.2) is 51.9 Å². The van der Waals surface area contributed by atoms with Crippen LogP contribution in [-0.2, 0) is 6.54 Å². The van der Waals surface area contributed by atoms with Gasteiger partial charge in [0.25, 0.3) is 5.91 Å². The maximum absolute atomic E-state index is 13.2. The van der Waals surface area contributed by atoms with Crippen LogP contribution in [0, 0.1) is 12.7 Å². The van der Waals surface area contributed by atoms with Crippen molar-refractivity contribution < 1.29 is 9.18 Å². The van der Waals surface area contributed by atoms with E-state index in [1.54, 1.807) is 18.5 Å². The first-order valence-corrected chi connectivity index (χ1v) is 7.39. The monoisotopic (exact) mass is 302 g/mol. The molecule has 5 nitrogen and oxygen atoms in total. The van der Waals surface area contributed by atoms with Gasteiger partial charge >= 0.3 is 0 Å². The van der Waals surface area contributed by atoms with Crippen LogP contribution in [0.2, 0.25) is 0 Å². The number of amides is 1. The number of rotatable bonds is 3. The van der Waals surface area contributed by atoms with Crippen LogP contribution in [0.25, 0.3) is 0 Å². The summed E-state index contributed by atoms with van der Waals surface area (Å²) in [6.07, 6.45) is 1.54. The molecule has 0 saturated carbocycles. The lowest BCUT2D eigenvalue weighted by molar-refractivity contribution is 0.0622. The molecule has 0 unspecified atom stereocenters. The fraction of sp³-hybridized carbons (Fsp3) is 0.375. The van der Waals surface area contributed by atoms with Crippen molar-refractivity contribution in [3.8, 4) is 0 Å². The summed E-state index contributed by atoms with van der Waals surface area (Å²) < 4.78 is 13.2. The largest absolute Gasteiger partial charge is 0.348 e. The minimum Gasteiger partial charge on any atom is -0.348 e. The van der Waals surface area contributed by atoms with Gasteiger partial charge in [-0.05, 0) is 24.6 Å². The Morgan fingerprint density at radius 2 is 2.09 bits per heavy atom. The predicted octanol–water partition coefficient (Wildman–Crippen LogP) is 1.82. The second kappa shape index (κ2) is 6.27. The number of carbonyl (C=O) groups is 1. The van der Waals surface area contributed by atoms with Gasteiger partial charge in [-0.2, -0.15) is 0 Å². The second-order valence-electron chi connectivity index (χ2n) is 5.57. The van der Waals surface area contributed by atoms with Crippen LogP contribution in [0.3, 0.4) is 0 Å². The maximum atomic E-state index is 13.2. The van der Waals surface area contributed by atoms with E-state index in [1.807, 2.05) is 17.9 Å². The first-order chi connectivity index (χ1) is 10.6. The minimum absolute atomic E-state index is 0.0239. The van der Waals surface area contributed by atoms with E-state index in [1.165, 1.54) is 6.07 Å². The highest BCUT2D eigenvalue weighted by molar-refractivity contribution is 5.93. The molecule has 1 amide bonds. The average Bonchev–Trinajstić information content (AvgIpc) is 2.93. The SMILES string of the molecule is Cc1[nH]cnc1C(=O)N1CCN(Cc2cccc(F)c2)CC1. The van der Waals surface area contributed by atoms with Gasteiger partial charge in [-0.25, -0.2) is 9.37 Å². The van der Waals surface area contributed by atoms with Crippen molar-refractivity contribution in [1.29, 1.82) is 0 Å². The molecular formula is C16H19FN4O. The van der Waals surface area contributed by atoms with Crippen LogP contribution in [0.4, 0.5) is 4.39 Å². The number of imidazole rings is 1. The Morgan fingerprint density at radius 1 is 1.32 bits per heavy atom. The van der Waals surface area contributed by atoms with E-state index in [-0.39, 0.29) is 11.7 Å². The zero-order valence-corrected chi connectivity index (χ0v) is 12.6. The summed E-state index contributed by atoms with van der Waals surface area (Å²) in [5, 5.41) is 0. The van der Waals surface area contributed by atoms with Crippen molar-refractivity contribution in [3.05, 3.63) is 53.4 Å². The number of piperazine rings is 1. The number of hydrogen-bond donors (Lipinski definition) is 1. The number of hydrogen-bond acceptors (Lipinski definition) is 3. The summed E-state index contributed by atoms with van der Waals surface area (Å²) in [5.74, 6) is -0.232. The summed E-state index contributed by atoms with van der Waals surface area (Å²) in [7, 11) is 0. The molecule has 1 N–H and O–H groups in total. The molecule has 0 atom stereocenters. The first kappa shape index (κ1) is 14.7. The van der Waals surface area contributed by atoms with Crippen molar-refractivity contribution in [1.82, 2.24) is 19.8 Å². The van der Waals surface area contributed by atoms with Gasteiger partial charge in [-0.15, -0.1) is 0 Å². The molecule has 116 valence electrons. The Hall–Kier alpha value is -2.21. The van der Waals surface area contributed by atoms with E-state index in [9.17, 15) is 9.18 Å². The Kier molecular flexibility index (Phi) is 4.20. The third-order valence-corrected chi connectivity index (χ3v) is 3.99. The van der Waals surface area contributed by atoms with Crippen molar-refractivity contribution in [3.63, 3.8) is 0 Å². The van der Waals surface area contributed by atoms with Crippen molar-refractivity contribution in [2.45, 2.75) is 13.5 Å². The Morgan fingerprint density at radius 3 is 2.73 bits per heavy atom. The van der Waals surface area contributed by atoms with Gasteiger partial charge < -0.3 is 9.88 Å². The summed E-state index contributed by atoms with van der Waals surface area (Å²) in [5.41, 5.74) is 2.26. The van der Waals surface area contributed by atoms with Crippen LogP contribution in [0.15, 0.2) is 30.6 Å². The number of aromatic amines is 1. The number of benzene rings is 1. The highest BCUT2D eigenvalue weighted by Crippen LogP contribution is 2.12. The summed E-state index contributed by atoms with van der Waals surface area (Å²) in [6.45, 7) is 5.46. The molecule has 6 heteroatoms. The molecule has 1 aromatic heterocycles. The van der Waals surface area contributed by atoms with Gasteiger partial charge in [0.2, 0.25) is 0 Å². The van der Waals surface area contributed by atoms with Crippen LogP contribution < -0.4 is 0 Å². The van der Waals surface area contributed by atoms with Gasteiger partial charge in [0.05, 0.1) is 6.33 Å². The minimum atomic E-state index is -0.208. The number of carbonyl (C=O) groups excluding carboxylic acids is 1. The molecule has 0 spiro atoms. The molecule has 1 aromatic carbocycles. The lowest BCUT2D eigenvalue weighted by Crippen LogP contribution is -2.48. The molecule has 22 heavy (non-hydrogen) atoms. The van der Waals surface area contributed by atoms with Gasteiger partial charge in [-0.3, -0.25) is 9.69 Å². The van der Waals surface area contributed by atoms with E-state index in [4.69, 9.17) is 0 Å². The number of aryl methyl sites for hydroxylation is 1. The first-order valence-electron chi connectivity index (χ1n) is 7.39. The molecular weight excluding hydrogens is 283 g/mol. The summed E-state index contributed by atoms with van der Waals surface area (Å²) >= 11 is 0. The van der Waals surface area contributed by atoms with E-state index in [0.29, 0.717) is 25.3 Å². The third-order valence-electron chi connectivity index (χ3n) is 3.99. The van der Waals surface area contributed by atoms with Crippen molar-refractivity contribution >= 4 is 5.91 Å². The maximum Gasteiger partial charge on any atom is 0.274 e. The smallest absolute Gasteiger partial charge is 0.274 e. The third kappa shape index (κ3) is 3.17. The molecule has 0 bridgehead atoms. The Bertz CT molecular complexity index is 662. The average molecular weight is 302 g/mol. The summed E-state index contributed by atoms with van der Waals surface area (Å²) in [6, 6.07) is 6.66. The van der Waals surface area contributed by atoms with E-state index in [2.05, 4.69) is 14.9 Å². The number of halogens is 1. The number of nitrogens with one attached hydrogen (secondary N) is 1. The van der Waals surface area contributed by atoms with E-state index >= 15 is 0 Å². The molecule has 0 radical (unpaired) electrons. The van der Waals surface area contributed by atoms with E-state index in [0.717, 1.165) is 24.3 Å². The lowest BCUT2D eigenvalue weighted by Gasteiger charge is -2.34. The number of nitrogens with zero attached hydrogens (tertiary/aromatic N) is 3. The molecule has 1 fully saturated rings. The van der Waals surface area contributed by atoms with Crippen molar-refractivity contribution in [2.75, 3.05) is 26.2 Å². The Labute approximate surface area is 128 Å². The normalized spacial score (nSPS) is 16.0. The Balaban J connectivity index is 1.56. The molecule has 3 rings (SSSR count). The fourth-order valence-corrected chi connectivity index (χ4v) is 2.73. The highest BCUT2D eigenvalue weighted by Gasteiger charge is 2.24. The van der Waals surface area contributed by atoms with Crippen LogP contribution in [0.5, 0.6) is 0 Å². The highest BCUT2D eigenvalue weighted by atomic mass is 19.1. The van der Waals surface area contributed by atoms with Gasteiger partial charge in [0, 0.05) is 38.4 Å². The number of aromatic nitrogens is 2. The van der Waals surface area contributed by atoms with Gasteiger partial charge in [0.1, 0.15) is 11.5 Å². The molecule has 1 aliphatic heterocycles. The quantitative estimate of drug-likeness (QED) is 0.941. The zero-order chi connectivity index (χ0) is 15.5. The molecule has 2 aromatic rings. The molecule has 0 aliphatic carbocycles. The second-order valence-corrected chi connectivity index (χ2v) is 5.57. The van der Waals surface area contributed by atoms with Crippen molar-refractivity contribution in [2.24, 2.45) is 0 Å². The summed E-state index contributed by atoms with van der Waals surface area (Å²) in [4.78, 5) is 23.4. The predicted molar refractivity (Wildman–Crippen MR) is 80.9 cm³/mol. The molecule has 1 saturated heterocycles. The zero-order valence-electron chi connectivity index (χ0n) is 12.6. The molecule has 2 heterocycles. The van der Waals surface area contributed by atoms with Gasteiger partial charge in [-0.1, -0.05) is 12.1 Å². The van der Waals surface area contributed by atoms with Gasteiger partial charge in [0.15, 0.2) is 0 Å². The van der Waals surface area contributed by atoms with E-state index < -0.39 is 0 Å². The van der Waals surface area contributed by atoms with Crippen LogP contribution >= 0.6 is 0 Å². The molecule has 1 aliphatic rings. The number of H-pyrrole nitrogens is 1. The fourth-order valence-electron chi connectivity index (χ4n) is 2.73.